The topological polar surface area (TPSA) is 294 Å². The Morgan fingerprint density at radius 3 is 1.63 bits per heavy atom. The molecule has 4 heterocycles. The van der Waals surface area contributed by atoms with Gasteiger partial charge >= 0.3 is 67.1 Å². The number of rotatable bonds is 9. The summed E-state index contributed by atoms with van der Waals surface area (Å²) in [6.07, 6.45) is 2.45. The molecule has 8 aromatic carbocycles. The van der Waals surface area contributed by atoms with Crippen LogP contribution in [0.4, 0.5) is 5.69 Å². The number of aromatic nitrogens is 3. The second kappa shape index (κ2) is 39.8. The van der Waals surface area contributed by atoms with Crippen molar-refractivity contribution in [3.05, 3.63) is 263 Å². The Hall–Kier alpha value is -8.19. The summed E-state index contributed by atoms with van der Waals surface area (Å²) >= 11 is 0. The molecule has 91 heavy (non-hydrogen) atoms. The summed E-state index contributed by atoms with van der Waals surface area (Å²) in [5.41, 5.74) is 15.0. The van der Waals surface area contributed by atoms with Crippen LogP contribution in [0.1, 0.15) is 40.7 Å². The van der Waals surface area contributed by atoms with E-state index in [2.05, 4.69) is 38.1 Å². The summed E-state index contributed by atoms with van der Waals surface area (Å²) in [7, 11) is -1.82. The molecular formula is C69H64N4Na2O14P2. The van der Waals surface area contributed by atoms with Crippen LogP contribution in [0.3, 0.4) is 0 Å². The van der Waals surface area contributed by atoms with E-state index in [0.29, 0.717) is 21.6 Å². The fourth-order valence-electron chi connectivity index (χ4n) is 9.94. The molecule has 22 heteroatoms. The van der Waals surface area contributed by atoms with Crippen molar-refractivity contribution < 1.29 is 102 Å². The average Bonchev–Trinajstić information content (AvgIpc) is 2.08. The Morgan fingerprint density at radius 1 is 0.582 bits per heavy atom. The molecule has 0 saturated carbocycles. The number of nitrogens with one attached hydrogen (secondary N) is 3. The monoisotopic (exact) mass is 1280 g/mol. The number of aliphatic hydroxyl groups is 2. The molecule has 0 amide bonds. The fraction of sp³-hybridized carbons (Fsp3) is 0.145. The Balaban J connectivity index is 0.000000313. The molecular weight excluding hydrogens is 1220 g/mol. The van der Waals surface area contributed by atoms with Crippen LogP contribution in [0, 0.1) is 36.8 Å². The molecule has 0 bridgehead atoms. The van der Waals surface area contributed by atoms with E-state index in [4.69, 9.17) is 38.5 Å². The number of anilines is 1. The van der Waals surface area contributed by atoms with E-state index >= 15 is 0 Å². The van der Waals surface area contributed by atoms with Crippen LogP contribution in [0.25, 0.3) is 77.6 Å². The number of nitrogens with zero attached hydrogens (tertiary/aromatic N) is 1. The predicted octanol–water partition coefficient (Wildman–Crippen LogP) is 6.31. The van der Waals surface area contributed by atoms with Gasteiger partial charge in [-0.15, -0.1) is 23.8 Å². The third-order valence-corrected chi connectivity index (χ3v) is 14.6. The van der Waals surface area contributed by atoms with Crippen LogP contribution in [0.2, 0.25) is 0 Å². The summed E-state index contributed by atoms with van der Waals surface area (Å²) < 4.78 is 32.5. The summed E-state index contributed by atoms with van der Waals surface area (Å²) in [6.45, 7) is 12.0. The number of para-hydroxylation sites is 1. The number of carbonyl (C=O) groups excluding carboxylic acids is 2. The Morgan fingerprint density at radius 2 is 1.09 bits per heavy atom. The fourth-order valence-corrected chi connectivity index (χ4v) is 10.4. The number of methoxy groups -OCH3 is 1. The summed E-state index contributed by atoms with van der Waals surface area (Å²) in [5, 5.41) is 21.1. The van der Waals surface area contributed by atoms with Gasteiger partial charge in [-0.05, 0) is 122 Å². The van der Waals surface area contributed by atoms with Crippen LogP contribution < -0.4 is 95.2 Å². The Labute approximate surface area is 571 Å². The predicted molar refractivity (Wildman–Crippen MR) is 351 cm³/mol. The number of H-pyrrole nitrogens is 3. The molecule has 0 radical (unpaired) electrons. The van der Waals surface area contributed by atoms with Crippen LogP contribution in [-0.4, -0.2) is 58.9 Å². The van der Waals surface area contributed by atoms with E-state index in [-0.39, 0.29) is 88.6 Å². The number of benzene rings is 8. The summed E-state index contributed by atoms with van der Waals surface area (Å²) in [5.74, 6) is 0.797. The van der Waals surface area contributed by atoms with Crippen molar-refractivity contribution in [2.24, 2.45) is 0 Å². The van der Waals surface area contributed by atoms with Gasteiger partial charge in [0.2, 0.25) is 0 Å². The molecule has 1 atom stereocenters. The zero-order valence-corrected chi connectivity index (χ0v) is 57.0. The van der Waals surface area contributed by atoms with Crippen LogP contribution in [0.5, 0.6) is 5.75 Å². The smallest absolute Gasteiger partial charge is 0.591 e. The van der Waals surface area contributed by atoms with Gasteiger partial charge in [-0.25, -0.2) is 0 Å². The maximum atomic E-state index is 13.0. The summed E-state index contributed by atoms with van der Waals surface area (Å²) in [4.78, 5) is 90.6. The van der Waals surface area contributed by atoms with Gasteiger partial charge in [0.15, 0.2) is 16.2 Å². The van der Waals surface area contributed by atoms with Crippen LogP contribution in [0.15, 0.2) is 202 Å². The maximum Gasteiger partial charge on any atom is 1.00 e. The van der Waals surface area contributed by atoms with E-state index in [9.17, 15) is 28.9 Å². The molecule has 1 saturated heterocycles. The third kappa shape index (κ3) is 20.9. The molecule has 12 rings (SSSR count). The number of hydrogen-bond acceptors (Lipinski definition) is 15. The first-order chi connectivity index (χ1) is 43.2. The molecule has 5 N–H and O–H groups in total. The van der Waals surface area contributed by atoms with Gasteiger partial charge in [-0.1, -0.05) is 139 Å². The van der Waals surface area contributed by atoms with Gasteiger partial charge in [0.1, 0.15) is 24.8 Å². The minimum absolute atomic E-state index is 0. The van der Waals surface area contributed by atoms with Gasteiger partial charge in [0.05, 0.1) is 36.9 Å². The van der Waals surface area contributed by atoms with Crippen molar-refractivity contribution in [1.29, 1.82) is 0 Å². The SMILES string of the molecule is C=O.C=O.COc1c(C)cccc1-c1cc(=O)c2cc(N3CCCC3)ccc2[nH]1.Cc1cccc(-c2cc(=O)c3[c-]c(CO)ccc3[nH]2)c1.Cc1cccc(-c2cc(=O)c3c(-c4ccccc4)c(CO)ccc3[nH]2)c1.O=O.O=[P+]([O-])c1ccccc1.O=[P-]=O.[Na+].[Na+]. The van der Waals surface area contributed by atoms with E-state index in [1.807, 2.05) is 150 Å². The molecule has 456 valence electrons. The van der Waals surface area contributed by atoms with Crippen molar-refractivity contribution in [2.75, 3.05) is 25.1 Å². The Kier molecular flexibility index (Phi) is 33.7. The van der Waals surface area contributed by atoms with Crippen molar-refractivity contribution in [1.82, 2.24) is 15.0 Å². The quantitative estimate of drug-likeness (QED) is 0.0601. The standard InChI is InChI=1S/C23H19NO2.C21H22N2O2.C17H14NO2.C6H5O2P.2CH2O.2Na.O2P.O2/c1-15-6-5-9-17(12-15)20-13-21(26)23-19(24-20)11-10-18(14-25)22(23)16-7-3-2-4-8-16;1-14-6-5-7-16(21(14)25-2)19-13-20(24)17-12-15(8-9-18(17)22-19)23-10-3-4-11-23;1-11-3-2-4-13(7-11)16-9-17(20)14-8-12(10-19)5-6-15(14)18-16;7-9(8)6-4-2-1-3-5-6;2*1-2;;;1-3-2;1-2/h2-13,25H,14H2,1H3,(H,24,26);5-9,12-13H,3-4,10-11H2,1-2H3,(H,22,24);2-7,9,19H,10H2,1H3,(H,18,20);1-5H;2*1H2;;;;/q;;-1;;;;2*+1;-1;. The molecule has 1 aliphatic rings. The minimum Gasteiger partial charge on any atom is -0.591 e. The first-order valence-electron chi connectivity index (χ1n) is 27.4. The van der Waals surface area contributed by atoms with Gasteiger partial charge in [-0.2, -0.15) is 0 Å². The number of aliphatic hydroxyl groups excluding tert-OH is 2. The number of aromatic amines is 3. The largest absolute Gasteiger partial charge is 1.00 e. The maximum absolute atomic E-state index is 13.0. The van der Waals surface area contributed by atoms with Crippen LogP contribution in [-0.2, 0) is 36.5 Å². The number of pyridine rings is 3. The number of aryl methyl sites for hydroxylation is 3. The minimum atomic E-state index is -2.40. The van der Waals surface area contributed by atoms with Crippen molar-refractivity contribution in [3.8, 4) is 50.6 Å². The third-order valence-electron chi connectivity index (χ3n) is 13.9. The number of ether oxygens (including phenoxy) is 1. The summed E-state index contributed by atoms with van der Waals surface area (Å²) in [6, 6.07) is 61.3. The molecule has 0 spiro atoms. The first-order valence-corrected chi connectivity index (χ1v) is 29.3. The molecule has 1 fully saturated rings. The molecule has 18 nitrogen and oxygen atoms in total. The number of carbonyl (C=O) groups is 2. The second-order valence-electron chi connectivity index (χ2n) is 19.6. The van der Waals surface area contributed by atoms with E-state index < -0.39 is 16.4 Å². The Bertz CT molecular complexity index is 4380. The van der Waals surface area contributed by atoms with Gasteiger partial charge < -0.3 is 63.2 Å². The van der Waals surface area contributed by atoms with E-state index in [0.717, 1.165) is 114 Å². The molecule has 0 aliphatic carbocycles. The molecule has 3 aromatic heterocycles. The van der Waals surface area contributed by atoms with Crippen molar-refractivity contribution >= 4 is 73.6 Å². The van der Waals surface area contributed by atoms with Gasteiger partial charge in [0.25, 0.3) is 0 Å². The van der Waals surface area contributed by atoms with Crippen molar-refractivity contribution in [2.45, 2.75) is 46.8 Å². The second-order valence-corrected chi connectivity index (χ2v) is 20.8. The average molecular weight is 1280 g/mol. The van der Waals surface area contributed by atoms with E-state index in [1.54, 1.807) is 67.8 Å². The molecule has 1 unspecified atom stereocenters. The van der Waals surface area contributed by atoms with Gasteiger partial charge in [0, 0.05) is 74.3 Å². The zero-order valence-electron chi connectivity index (χ0n) is 51.2. The van der Waals surface area contributed by atoms with Crippen LogP contribution >= 0.6 is 16.4 Å². The number of hydrogen-bond donors (Lipinski definition) is 5. The van der Waals surface area contributed by atoms with Crippen molar-refractivity contribution in [3.63, 3.8) is 0 Å². The molecule has 11 aromatic rings. The van der Waals surface area contributed by atoms with E-state index in [1.165, 1.54) is 12.8 Å². The molecule has 1 aliphatic heterocycles. The number of fused-ring (bicyclic) bond motifs is 3. The normalized spacial score (nSPS) is 10.8. The van der Waals surface area contributed by atoms with Gasteiger partial charge in [-0.3, -0.25) is 9.59 Å². The zero-order chi connectivity index (χ0) is 65.0. The first kappa shape index (κ1) is 77.1.